The van der Waals surface area contributed by atoms with Gasteiger partial charge in [0.05, 0.1) is 6.04 Å². The monoisotopic (exact) mass is 252 g/mol. The number of nitrogens with two attached hydrogens (primary N) is 1. The topological polar surface area (TPSA) is 46.3 Å². The van der Waals surface area contributed by atoms with E-state index >= 15 is 0 Å². The van der Waals surface area contributed by atoms with Gasteiger partial charge in [-0.2, -0.15) is 0 Å². The third-order valence-corrected chi connectivity index (χ3v) is 2.87. The number of rotatable bonds is 6. The van der Waals surface area contributed by atoms with Crippen molar-refractivity contribution in [3.8, 4) is 0 Å². The molecule has 0 heterocycles. The van der Waals surface area contributed by atoms with Gasteiger partial charge in [-0.05, 0) is 31.0 Å². The minimum atomic E-state index is -0.455. The summed E-state index contributed by atoms with van der Waals surface area (Å²) in [5, 5.41) is 0. The van der Waals surface area contributed by atoms with Crippen molar-refractivity contribution in [2.24, 2.45) is 5.73 Å². The highest BCUT2D eigenvalue weighted by Gasteiger charge is 2.19. The van der Waals surface area contributed by atoms with Crippen LogP contribution in [0.1, 0.15) is 32.3 Å². The Balaban J connectivity index is 2.69. The average Bonchev–Trinajstić information content (AvgIpc) is 2.35. The SMILES string of the molecule is CCC[C@@H](N)C(=O)N(CC)Cc1cccc(F)c1. The molecule has 0 fully saturated rings. The van der Waals surface area contributed by atoms with Crippen LogP contribution in [0.3, 0.4) is 0 Å². The summed E-state index contributed by atoms with van der Waals surface area (Å²) in [5.74, 6) is -0.350. The molecule has 3 nitrogen and oxygen atoms in total. The summed E-state index contributed by atoms with van der Waals surface area (Å²) in [6.45, 7) is 4.88. The second kappa shape index (κ2) is 7.11. The summed E-state index contributed by atoms with van der Waals surface area (Å²) < 4.78 is 13.1. The molecule has 0 aliphatic carbocycles. The largest absolute Gasteiger partial charge is 0.337 e. The van der Waals surface area contributed by atoms with Crippen molar-refractivity contribution in [1.29, 1.82) is 0 Å². The maximum atomic E-state index is 13.1. The number of carbonyl (C=O) groups is 1. The van der Waals surface area contributed by atoms with Crippen molar-refractivity contribution in [2.75, 3.05) is 6.54 Å². The average molecular weight is 252 g/mol. The van der Waals surface area contributed by atoms with E-state index in [2.05, 4.69) is 0 Å². The van der Waals surface area contributed by atoms with Gasteiger partial charge in [-0.15, -0.1) is 0 Å². The molecule has 0 aliphatic rings. The van der Waals surface area contributed by atoms with Crippen LogP contribution < -0.4 is 5.73 Å². The lowest BCUT2D eigenvalue weighted by Gasteiger charge is -2.24. The molecule has 1 atom stereocenters. The molecular weight excluding hydrogens is 231 g/mol. The number of hydrogen-bond donors (Lipinski definition) is 1. The third kappa shape index (κ3) is 4.11. The quantitative estimate of drug-likeness (QED) is 0.844. The van der Waals surface area contributed by atoms with E-state index in [1.54, 1.807) is 11.0 Å². The first-order chi connectivity index (χ1) is 8.58. The van der Waals surface area contributed by atoms with E-state index in [-0.39, 0.29) is 11.7 Å². The van der Waals surface area contributed by atoms with Gasteiger partial charge in [-0.3, -0.25) is 4.79 Å². The molecule has 1 aromatic carbocycles. The summed E-state index contributed by atoms with van der Waals surface area (Å²) in [5.41, 5.74) is 6.61. The van der Waals surface area contributed by atoms with Crippen molar-refractivity contribution >= 4 is 5.91 Å². The zero-order chi connectivity index (χ0) is 13.5. The van der Waals surface area contributed by atoms with Crippen LogP contribution in [0.5, 0.6) is 0 Å². The first-order valence-electron chi connectivity index (χ1n) is 6.37. The minimum Gasteiger partial charge on any atom is -0.337 e. The Kier molecular flexibility index (Phi) is 5.78. The van der Waals surface area contributed by atoms with Gasteiger partial charge in [0.25, 0.3) is 0 Å². The Labute approximate surface area is 108 Å². The fourth-order valence-corrected chi connectivity index (χ4v) is 1.87. The zero-order valence-corrected chi connectivity index (χ0v) is 11.0. The van der Waals surface area contributed by atoms with E-state index in [1.807, 2.05) is 19.9 Å². The lowest BCUT2D eigenvalue weighted by atomic mass is 10.1. The Hall–Kier alpha value is -1.42. The maximum absolute atomic E-state index is 13.1. The van der Waals surface area contributed by atoms with Gasteiger partial charge in [0.2, 0.25) is 5.91 Å². The second-order valence-corrected chi connectivity index (χ2v) is 4.38. The fourth-order valence-electron chi connectivity index (χ4n) is 1.87. The van der Waals surface area contributed by atoms with E-state index in [9.17, 15) is 9.18 Å². The van der Waals surface area contributed by atoms with E-state index in [0.29, 0.717) is 19.5 Å². The molecule has 0 aromatic heterocycles. The lowest BCUT2D eigenvalue weighted by Crippen LogP contribution is -2.43. The molecule has 0 radical (unpaired) electrons. The number of nitrogens with zero attached hydrogens (tertiary/aromatic N) is 1. The Bertz CT molecular complexity index is 395. The standard InChI is InChI=1S/C14H21FN2O/c1-3-6-13(16)14(18)17(4-2)10-11-7-5-8-12(15)9-11/h5,7-9,13H,3-4,6,10,16H2,1-2H3/t13-/m1/s1. The van der Waals surface area contributed by atoms with Gasteiger partial charge in [-0.1, -0.05) is 25.5 Å². The Morgan fingerprint density at radius 1 is 1.44 bits per heavy atom. The van der Waals surface area contributed by atoms with Gasteiger partial charge in [0, 0.05) is 13.1 Å². The van der Waals surface area contributed by atoms with Crippen molar-refractivity contribution in [1.82, 2.24) is 4.90 Å². The van der Waals surface area contributed by atoms with Crippen LogP contribution >= 0.6 is 0 Å². The fraction of sp³-hybridized carbons (Fsp3) is 0.500. The number of amides is 1. The Morgan fingerprint density at radius 2 is 2.17 bits per heavy atom. The first kappa shape index (κ1) is 14.6. The molecule has 0 unspecified atom stereocenters. The number of benzene rings is 1. The molecule has 100 valence electrons. The molecule has 1 amide bonds. The van der Waals surface area contributed by atoms with Gasteiger partial charge in [-0.25, -0.2) is 4.39 Å². The molecule has 0 saturated carbocycles. The molecule has 0 saturated heterocycles. The van der Waals surface area contributed by atoms with Crippen LogP contribution in [-0.4, -0.2) is 23.4 Å². The van der Waals surface area contributed by atoms with Crippen LogP contribution in [0.4, 0.5) is 4.39 Å². The lowest BCUT2D eigenvalue weighted by molar-refractivity contribution is -0.133. The second-order valence-electron chi connectivity index (χ2n) is 4.38. The van der Waals surface area contributed by atoms with Crippen LogP contribution in [0.2, 0.25) is 0 Å². The van der Waals surface area contributed by atoms with Gasteiger partial charge < -0.3 is 10.6 Å². The van der Waals surface area contributed by atoms with Crippen LogP contribution in [0, 0.1) is 5.82 Å². The molecule has 0 aliphatic heterocycles. The van der Waals surface area contributed by atoms with Gasteiger partial charge in [0.15, 0.2) is 0 Å². The predicted octanol–water partition coefficient (Wildman–Crippen LogP) is 2.30. The smallest absolute Gasteiger partial charge is 0.239 e. The molecule has 0 bridgehead atoms. The van der Waals surface area contributed by atoms with Crippen LogP contribution in [0.15, 0.2) is 24.3 Å². The van der Waals surface area contributed by atoms with Crippen molar-refractivity contribution in [2.45, 2.75) is 39.3 Å². The van der Waals surface area contributed by atoms with Gasteiger partial charge >= 0.3 is 0 Å². The minimum absolute atomic E-state index is 0.0661. The highest BCUT2D eigenvalue weighted by atomic mass is 19.1. The molecule has 0 spiro atoms. The Morgan fingerprint density at radius 3 is 2.72 bits per heavy atom. The zero-order valence-electron chi connectivity index (χ0n) is 11.0. The first-order valence-corrected chi connectivity index (χ1v) is 6.37. The van der Waals surface area contributed by atoms with Crippen LogP contribution in [0.25, 0.3) is 0 Å². The van der Waals surface area contributed by atoms with E-state index in [1.165, 1.54) is 12.1 Å². The summed E-state index contributed by atoms with van der Waals surface area (Å²) in [4.78, 5) is 13.7. The third-order valence-electron chi connectivity index (χ3n) is 2.87. The van der Waals surface area contributed by atoms with E-state index < -0.39 is 6.04 Å². The molecule has 1 rings (SSSR count). The van der Waals surface area contributed by atoms with Crippen LogP contribution in [-0.2, 0) is 11.3 Å². The predicted molar refractivity (Wildman–Crippen MR) is 70.4 cm³/mol. The summed E-state index contributed by atoms with van der Waals surface area (Å²) in [7, 11) is 0. The molecule has 18 heavy (non-hydrogen) atoms. The van der Waals surface area contributed by atoms with Crippen molar-refractivity contribution in [3.05, 3.63) is 35.6 Å². The van der Waals surface area contributed by atoms with E-state index in [4.69, 9.17) is 5.73 Å². The number of halogens is 1. The van der Waals surface area contributed by atoms with E-state index in [0.717, 1.165) is 12.0 Å². The highest BCUT2D eigenvalue weighted by Crippen LogP contribution is 2.09. The number of carbonyl (C=O) groups excluding carboxylic acids is 1. The van der Waals surface area contributed by atoms with Crippen molar-refractivity contribution in [3.63, 3.8) is 0 Å². The molecule has 4 heteroatoms. The summed E-state index contributed by atoms with van der Waals surface area (Å²) in [6.07, 6.45) is 1.56. The van der Waals surface area contributed by atoms with Gasteiger partial charge in [0.1, 0.15) is 5.82 Å². The number of hydrogen-bond acceptors (Lipinski definition) is 2. The molecule has 1 aromatic rings. The summed E-state index contributed by atoms with van der Waals surface area (Å²) in [6, 6.07) is 5.84. The number of likely N-dealkylation sites (N-methyl/N-ethyl adjacent to an activating group) is 1. The molecule has 2 N–H and O–H groups in total. The van der Waals surface area contributed by atoms with Crippen molar-refractivity contribution < 1.29 is 9.18 Å². The summed E-state index contributed by atoms with van der Waals surface area (Å²) >= 11 is 0. The molecular formula is C14H21FN2O. The normalized spacial score (nSPS) is 12.2. The highest BCUT2D eigenvalue weighted by molar-refractivity contribution is 5.81. The maximum Gasteiger partial charge on any atom is 0.239 e.